The molecule has 0 atom stereocenters. The molecule has 0 aliphatic rings. The Morgan fingerprint density at radius 1 is 0.576 bits per heavy atom. The molecule has 0 radical (unpaired) electrons. The summed E-state index contributed by atoms with van der Waals surface area (Å²) < 4.78 is 13.2. The van der Waals surface area contributed by atoms with Crippen molar-refractivity contribution >= 4 is 24.2 Å². The predicted molar refractivity (Wildman–Crippen MR) is 139 cm³/mol. The summed E-state index contributed by atoms with van der Waals surface area (Å²) in [6, 6.07) is 27.8. The fourth-order valence-electron chi connectivity index (χ4n) is 3.98. The summed E-state index contributed by atoms with van der Waals surface area (Å²) in [5, 5.41) is 2.51. The maximum Gasteiger partial charge on any atom is 0.123 e. The molecule has 3 aromatic carbocycles. The molecule has 162 valence electrons. The zero-order chi connectivity index (χ0) is 23.0. The van der Waals surface area contributed by atoms with Crippen LogP contribution in [-0.4, -0.2) is 18.0 Å². The lowest BCUT2D eigenvalue weighted by Crippen LogP contribution is -2.37. The number of nitrogens with zero attached hydrogens (tertiary/aromatic N) is 2. The van der Waals surface area contributed by atoms with Crippen LogP contribution in [0.3, 0.4) is 0 Å². The van der Waals surface area contributed by atoms with Crippen molar-refractivity contribution in [1.82, 2.24) is 9.97 Å². The molecule has 0 spiro atoms. The Labute approximate surface area is 194 Å². The Bertz CT molecular complexity index is 1420. The fraction of sp³-hybridized carbons (Fsp3) is 0.103. The number of hydrogen-bond acceptors (Lipinski definition) is 2. The van der Waals surface area contributed by atoms with Crippen molar-refractivity contribution < 1.29 is 4.39 Å². The SMILES string of the molecule is C[Si](C)(C)c1ccc(-c2ccc(-c3cnc4cc(-c5ccc(F)cc5)ccc4c3)cn2)cc1. The third-order valence-corrected chi connectivity index (χ3v) is 8.07. The average Bonchev–Trinajstić information content (AvgIpc) is 2.83. The molecule has 5 rings (SSSR count). The monoisotopic (exact) mass is 448 g/mol. The van der Waals surface area contributed by atoms with Crippen LogP contribution in [0.2, 0.25) is 19.6 Å². The molecule has 4 heteroatoms. The van der Waals surface area contributed by atoms with Crippen LogP contribution in [0.25, 0.3) is 44.4 Å². The topological polar surface area (TPSA) is 25.8 Å². The predicted octanol–water partition coefficient (Wildman–Crippen LogP) is 7.32. The summed E-state index contributed by atoms with van der Waals surface area (Å²) in [4.78, 5) is 9.39. The van der Waals surface area contributed by atoms with Gasteiger partial charge in [-0.2, -0.15) is 0 Å². The van der Waals surface area contributed by atoms with Gasteiger partial charge in [0.15, 0.2) is 0 Å². The third-order valence-electron chi connectivity index (χ3n) is 6.01. The molecule has 2 heterocycles. The van der Waals surface area contributed by atoms with Gasteiger partial charge in [-0.05, 0) is 41.5 Å². The van der Waals surface area contributed by atoms with Crippen molar-refractivity contribution in [3.8, 4) is 33.5 Å². The molecule has 33 heavy (non-hydrogen) atoms. The third kappa shape index (κ3) is 4.48. The van der Waals surface area contributed by atoms with Crippen molar-refractivity contribution in [2.45, 2.75) is 19.6 Å². The molecular weight excluding hydrogens is 423 g/mol. The fourth-order valence-corrected chi connectivity index (χ4v) is 5.14. The summed E-state index contributed by atoms with van der Waals surface area (Å²) in [7, 11) is -1.30. The standard InChI is InChI=1S/C29H25FN2Si/c1-33(2,3)27-13-8-21(9-14-27)28-15-10-24(18-31-28)25-16-23-5-4-22(17-29(23)32-19-25)20-6-11-26(30)12-7-20/h4-19H,1-3H3. The van der Waals surface area contributed by atoms with E-state index in [0.717, 1.165) is 44.4 Å². The summed E-state index contributed by atoms with van der Waals surface area (Å²) in [6.07, 6.45) is 3.80. The van der Waals surface area contributed by atoms with Crippen molar-refractivity contribution in [2.75, 3.05) is 0 Å². The zero-order valence-electron chi connectivity index (χ0n) is 19.0. The van der Waals surface area contributed by atoms with Crippen LogP contribution in [0.15, 0.2) is 97.3 Å². The van der Waals surface area contributed by atoms with E-state index in [9.17, 15) is 4.39 Å². The van der Waals surface area contributed by atoms with Crippen molar-refractivity contribution in [1.29, 1.82) is 0 Å². The van der Waals surface area contributed by atoms with Crippen LogP contribution in [-0.2, 0) is 0 Å². The Morgan fingerprint density at radius 3 is 1.88 bits per heavy atom. The Balaban J connectivity index is 1.40. The Morgan fingerprint density at radius 2 is 1.21 bits per heavy atom. The van der Waals surface area contributed by atoms with Gasteiger partial charge in [-0.1, -0.05) is 79.4 Å². The lowest BCUT2D eigenvalue weighted by atomic mass is 10.0. The van der Waals surface area contributed by atoms with Crippen molar-refractivity contribution in [2.24, 2.45) is 0 Å². The van der Waals surface area contributed by atoms with Crippen molar-refractivity contribution in [3.05, 3.63) is 103 Å². The van der Waals surface area contributed by atoms with E-state index < -0.39 is 8.07 Å². The van der Waals surface area contributed by atoms with E-state index in [1.807, 2.05) is 24.5 Å². The highest BCUT2D eigenvalue weighted by Gasteiger charge is 2.16. The molecule has 0 amide bonds. The second-order valence-electron chi connectivity index (χ2n) is 9.40. The van der Waals surface area contributed by atoms with Crippen LogP contribution < -0.4 is 5.19 Å². The summed E-state index contributed by atoms with van der Waals surface area (Å²) in [5.74, 6) is -0.231. The number of fused-ring (bicyclic) bond motifs is 1. The molecule has 0 saturated carbocycles. The van der Waals surface area contributed by atoms with Crippen molar-refractivity contribution in [3.63, 3.8) is 0 Å². The van der Waals surface area contributed by atoms with Crippen LogP contribution in [0.4, 0.5) is 4.39 Å². The maximum atomic E-state index is 13.2. The number of halogens is 1. The average molecular weight is 449 g/mol. The minimum Gasteiger partial charge on any atom is -0.256 e. The van der Waals surface area contributed by atoms with Gasteiger partial charge in [0.05, 0.1) is 19.3 Å². The first-order chi connectivity index (χ1) is 15.9. The van der Waals surface area contributed by atoms with E-state index >= 15 is 0 Å². The highest BCUT2D eigenvalue weighted by molar-refractivity contribution is 6.88. The molecule has 0 bridgehead atoms. The van der Waals surface area contributed by atoms with Gasteiger partial charge in [-0.3, -0.25) is 9.97 Å². The summed E-state index contributed by atoms with van der Waals surface area (Å²) in [5.41, 5.74) is 7.08. The minimum atomic E-state index is -1.30. The molecule has 5 aromatic rings. The van der Waals surface area contributed by atoms with E-state index in [0.29, 0.717) is 0 Å². The molecular formula is C29H25FN2Si. The van der Waals surface area contributed by atoms with E-state index in [1.165, 1.54) is 17.3 Å². The van der Waals surface area contributed by atoms with Gasteiger partial charge in [-0.25, -0.2) is 4.39 Å². The summed E-state index contributed by atoms with van der Waals surface area (Å²) >= 11 is 0. The van der Waals surface area contributed by atoms with Gasteiger partial charge in [-0.15, -0.1) is 0 Å². The number of hydrogen-bond donors (Lipinski definition) is 0. The van der Waals surface area contributed by atoms with E-state index in [2.05, 4.69) is 73.2 Å². The van der Waals surface area contributed by atoms with E-state index in [-0.39, 0.29) is 5.82 Å². The van der Waals surface area contributed by atoms with Gasteiger partial charge in [0.1, 0.15) is 5.82 Å². The van der Waals surface area contributed by atoms with Gasteiger partial charge in [0, 0.05) is 34.5 Å². The first-order valence-electron chi connectivity index (χ1n) is 11.1. The normalized spacial score (nSPS) is 11.6. The molecule has 0 aliphatic heterocycles. The highest BCUT2D eigenvalue weighted by atomic mass is 28.3. The zero-order valence-corrected chi connectivity index (χ0v) is 20.0. The lowest BCUT2D eigenvalue weighted by Gasteiger charge is -2.16. The molecule has 0 N–H and O–H groups in total. The lowest BCUT2D eigenvalue weighted by molar-refractivity contribution is 0.628. The molecule has 0 aliphatic carbocycles. The van der Waals surface area contributed by atoms with Gasteiger partial charge in [0.2, 0.25) is 0 Å². The molecule has 0 unspecified atom stereocenters. The Kier molecular flexibility index (Phi) is 5.39. The largest absolute Gasteiger partial charge is 0.256 e. The van der Waals surface area contributed by atoms with Crippen LogP contribution in [0, 0.1) is 5.82 Å². The Hall–Kier alpha value is -3.63. The molecule has 0 saturated heterocycles. The maximum absolute atomic E-state index is 13.2. The molecule has 2 nitrogen and oxygen atoms in total. The van der Waals surface area contributed by atoms with Crippen LogP contribution in [0.5, 0.6) is 0 Å². The van der Waals surface area contributed by atoms with E-state index in [1.54, 1.807) is 12.1 Å². The van der Waals surface area contributed by atoms with Crippen LogP contribution >= 0.6 is 0 Å². The smallest absolute Gasteiger partial charge is 0.123 e. The minimum absolute atomic E-state index is 0.231. The van der Waals surface area contributed by atoms with Crippen LogP contribution in [0.1, 0.15) is 0 Å². The first-order valence-corrected chi connectivity index (χ1v) is 14.6. The highest BCUT2D eigenvalue weighted by Crippen LogP contribution is 2.28. The van der Waals surface area contributed by atoms with Gasteiger partial charge in [0.25, 0.3) is 0 Å². The number of pyridine rings is 2. The number of aromatic nitrogens is 2. The van der Waals surface area contributed by atoms with E-state index in [4.69, 9.17) is 4.98 Å². The second-order valence-corrected chi connectivity index (χ2v) is 14.5. The van der Waals surface area contributed by atoms with Gasteiger partial charge < -0.3 is 0 Å². The second kappa shape index (κ2) is 8.37. The van der Waals surface area contributed by atoms with Gasteiger partial charge >= 0.3 is 0 Å². The number of rotatable bonds is 4. The summed E-state index contributed by atoms with van der Waals surface area (Å²) in [6.45, 7) is 7.07. The molecule has 2 aromatic heterocycles. The number of benzene rings is 3. The molecule has 0 fully saturated rings. The quantitative estimate of drug-likeness (QED) is 0.269. The first kappa shape index (κ1) is 21.2.